The molecule has 0 aliphatic carbocycles. The number of anilines is 1. The van der Waals surface area contributed by atoms with Crippen molar-refractivity contribution >= 4 is 11.8 Å². The van der Waals surface area contributed by atoms with Gasteiger partial charge < -0.3 is 10.5 Å². The monoisotopic (exact) mass is 264 g/mol. The molecule has 106 valence electrons. The van der Waals surface area contributed by atoms with Crippen molar-refractivity contribution in [2.45, 2.75) is 46.6 Å². The summed E-state index contributed by atoms with van der Waals surface area (Å²) in [5.74, 6) is 0. The first-order chi connectivity index (χ1) is 8.73. The minimum Gasteiger partial charge on any atom is -0.444 e. The topological polar surface area (TPSA) is 64.3 Å². The van der Waals surface area contributed by atoms with Crippen molar-refractivity contribution in [1.82, 2.24) is 0 Å². The number of hydrogen-bond acceptors (Lipinski definition) is 3. The largest absolute Gasteiger partial charge is 0.444 e. The van der Waals surface area contributed by atoms with Crippen molar-refractivity contribution < 1.29 is 9.53 Å². The first-order valence-corrected chi connectivity index (χ1v) is 6.53. The van der Waals surface area contributed by atoms with Gasteiger partial charge in [-0.1, -0.05) is 6.07 Å². The maximum atomic E-state index is 11.8. The Kier molecular flexibility index (Phi) is 4.95. The second-order valence-corrected chi connectivity index (χ2v) is 5.75. The second kappa shape index (κ2) is 6.06. The molecular weight excluding hydrogens is 240 g/mol. The van der Waals surface area contributed by atoms with Crippen LogP contribution in [0.3, 0.4) is 0 Å². The number of aryl methyl sites for hydroxylation is 1. The van der Waals surface area contributed by atoms with Crippen LogP contribution in [0.2, 0.25) is 0 Å². The van der Waals surface area contributed by atoms with Crippen LogP contribution in [0.1, 0.15) is 37.5 Å². The molecule has 0 atom stereocenters. The lowest BCUT2D eigenvalue weighted by molar-refractivity contribution is 0.0636. The number of carbonyl (C=O) groups excluding carboxylic acids is 1. The number of benzene rings is 1. The Bertz CT molecular complexity index is 462. The van der Waals surface area contributed by atoms with Gasteiger partial charge >= 0.3 is 6.09 Å². The highest BCUT2D eigenvalue weighted by atomic mass is 16.6. The van der Waals surface area contributed by atoms with E-state index in [0.717, 1.165) is 28.8 Å². The fourth-order valence-electron chi connectivity index (χ4n) is 1.79. The Morgan fingerprint density at radius 2 is 1.95 bits per heavy atom. The van der Waals surface area contributed by atoms with Crippen molar-refractivity contribution in [3.05, 3.63) is 28.8 Å². The molecular formula is C15H24N2O2. The lowest BCUT2D eigenvalue weighted by Gasteiger charge is -2.21. The van der Waals surface area contributed by atoms with Crippen LogP contribution in [0.25, 0.3) is 0 Å². The number of carbonyl (C=O) groups is 1. The Morgan fingerprint density at radius 1 is 1.32 bits per heavy atom. The van der Waals surface area contributed by atoms with Crippen molar-refractivity contribution in [1.29, 1.82) is 0 Å². The molecule has 0 spiro atoms. The molecule has 0 aromatic heterocycles. The van der Waals surface area contributed by atoms with Gasteiger partial charge in [0.2, 0.25) is 0 Å². The Morgan fingerprint density at radius 3 is 2.47 bits per heavy atom. The standard InChI is InChI=1S/C15H24N2O2/c1-10-8-12(6-7-16)9-13(11(10)2)17-14(18)19-15(3,4)5/h8-9H,6-7,16H2,1-5H3,(H,17,18). The predicted molar refractivity (Wildman–Crippen MR) is 78.5 cm³/mol. The fourth-order valence-corrected chi connectivity index (χ4v) is 1.79. The molecule has 4 nitrogen and oxygen atoms in total. The number of hydrogen-bond donors (Lipinski definition) is 2. The number of rotatable bonds is 3. The SMILES string of the molecule is Cc1cc(CCN)cc(NC(=O)OC(C)(C)C)c1C. The zero-order valence-electron chi connectivity index (χ0n) is 12.5. The molecule has 0 saturated carbocycles. The second-order valence-electron chi connectivity index (χ2n) is 5.75. The fraction of sp³-hybridized carbons (Fsp3) is 0.533. The molecule has 0 aliphatic rings. The van der Waals surface area contributed by atoms with Crippen LogP contribution in [0.5, 0.6) is 0 Å². The lowest BCUT2D eigenvalue weighted by atomic mass is 10.0. The van der Waals surface area contributed by atoms with E-state index in [1.54, 1.807) is 0 Å². The number of nitrogens with one attached hydrogen (secondary N) is 1. The van der Waals surface area contributed by atoms with Gasteiger partial charge in [0.25, 0.3) is 0 Å². The summed E-state index contributed by atoms with van der Waals surface area (Å²) < 4.78 is 5.26. The third-order valence-electron chi connectivity index (χ3n) is 2.80. The molecule has 0 radical (unpaired) electrons. The minimum atomic E-state index is -0.498. The van der Waals surface area contributed by atoms with E-state index in [2.05, 4.69) is 11.4 Å². The van der Waals surface area contributed by atoms with Gasteiger partial charge in [0.05, 0.1) is 0 Å². The maximum Gasteiger partial charge on any atom is 0.412 e. The van der Waals surface area contributed by atoms with E-state index >= 15 is 0 Å². The molecule has 1 aromatic carbocycles. The van der Waals surface area contributed by atoms with Gasteiger partial charge in [0, 0.05) is 5.69 Å². The summed E-state index contributed by atoms with van der Waals surface area (Å²) in [6, 6.07) is 4.06. The number of amides is 1. The molecule has 19 heavy (non-hydrogen) atoms. The molecule has 1 aromatic rings. The van der Waals surface area contributed by atoms with Gasteiger partial charge in [0.15, 0.2) is 0 Å². The molecule has 0 heterocycles. The molecule has 0 saturated heterocycles. The van der Waals surface area contributed by atoms with E-state index in [1.165, 1.54) is 0 Å². The van der Waals surface area contributed by atoms with Crippen LogP contribution in [0.15, 0.2) is 12.1 Å². The molecule has 3 N–H and O–H groups in total. The van der Waals surface area contributed by atoms with Gasteiger partial charge in [-0.15, -0.1) is 0 Å². The molecule has 0 aliphatic heterocycles. The summed E-state index contributed by atoms with van der Waals surface area (Å²) in [6.07, 6.45) is 0.365. The molecule has 0 bridgehead atoms. The Labute approximate surface area is 115 Å². The first kappa shape index (κ1) is 15.5. The first-order valence-electron chi connectivity index (χ1n) is 6.53. The van der Waals surface area contributed by atoms with E-state index in [1.807, 2.05) is 40.7 Å². The van der Waals surface area contributed by atoms with E-state index in [0.29, 0.717) is 6.54 Å². The van der Waals surface area contributed by atoms with E-state index in [-0.39, 0.29) is 0 Å². The molecule has 0 fully saturated rings. The Balaban J connectivity index is 2.90. The van der Waals surface area contributed by atoms with Gasteiger partial charge in [0.1, 0.15) is 5.60 Å². The smallest absolute Gasteiger partial charge is 0.412 e. The highest BCUT2D eigenvalue weighted by Crippen LogP contribution is 2.22. The van der Waals surface area contributed by atoms with Gasteiger partial charge in [-0.3, -0.25) is 5.32 Å². The van der Waals surface area contributed by atoms with Gasteiger partial charge in [-0.25, -0.2) is 4.79 Å². The molecule has 1 rings (SSSR count). The van der Waals surface area contributed by atoms with Crippen LogP contribution in [0.4, 0.5) is 10.5 Å². The van der Waals surface area contributed by atoms with E-state index < -0.39 is 11.7 Å². The van der Waals surface area contributed by atoms with E-state index in [9.17, 15) is 4.79 Å². The normalized spacial score (nSPS) is 11.3. The zero-order valence-corrected chi connectivity index (χ0v) is 12.5. The molecule has 0 unspecified atom stereocenters. The minimum absolute atomic E-state index is 0.431. The summed E-state index contributed by atoms with van der Waals surface area (Å²) >= 11 is 0. The van der Waals surface area contributed by atoms with Crippen LogP contribution in [0, 0.1) is 13.8 Å². The highest BCUT2D eigenvalue weighted by Gasteiger charge is 2.17. The van der Waals surface area contributed by atoms with Crippen LogP contribution in [-0.4, -0.2) is 18.2 Å². The lowest BCUT2D eigenvalue weighted by Crippen LogP contribution is -2.27. The third-order valence-corrected chi connectivity index (χ3v) is 2.80. The van der Waals surface area contributed by atoms with Gasteiger partial charge in [-0.2, -0.15) is 0 Å². The van der Waals surface area contributed by atoms with Gasteiger partial charge in [-0.05, 0) is 70.3 Å². The highest BCUT2D eigenvalue weighted by molar-refractivity contribution is 5.86. The van der Waals surface area contributed by atoms with Crippen molar-refractivity contribution in [2.24, 2.45) is 5.73 Å². The zero-order chi connectivity index (χ0) is 14.6. The van der Waals surface area contributed by atoms with E-state index in [4.69, 9.17) is 10.5 Å². The third kappa shape index (κ3) is 4.91. The average Bonchev–Trinajstić information content (AvgIpc) is 2.23. The predicted octanol–water partition coefficient (Wildman–Crippen LogP) is 3.15. The van der Waals surface area contributed by atoms with Crippen molar-refractivity contribution in [3.8, 4) is 0 Å². The molecule has 1 amide bonds. The average molecular weight is 264 g/mol. The maximum absolute atomic E-state index is 11.8. The quantitative estimate of drug-likeness (QED) is 0.881. The number of nitrogens with two attached hydrogens (primary N) is 1. The summed E-state index contributed by atoms with van der Waals surface area (Å²) in [5.41, 5.74) is 9.17. The van der Waals surface area contributed by atoms with Crippen molar-refractivity contribution in [3.63, 3.8) is 0 Å². The van der Waals surface area contributed by atoms with Crippen LogP contribution < -0.4 is 11.1 Å². The Hall–Kier alpha value is -1.55. The van der Waals surface area contributed by atoms with Crippen molar-refractivity contribution in [2.75, 3.05) is 11.9 Å². The van der Waals surface area contributed by atoms with Crippen LogP contribution >= 0.6 is 0 Å². The molecule has 4 heteroatoms. The van der Waals surface area contributed by atoms with Crippen LogP contribution in [-0.2, 0) is 11.2 Å². The summed E-state index contributed by atoms with van der Waals surface area (Å²) in [4.78, 5) is 11.8. The summed E-state index contributed by atoms with van der Waals surface area (Å²) in [6.45, 7) is 10.1. The number of ether oxygens (including phenoxy) is 1. The summed E-state index contributed by atoms with van der Waals surface area (Å²) in [5, 5.41) is 2.80. The summed E-state index contributed by atoms with van der Waals surface area (Å²) in [7, 11) is 0.